The third-order valence-corrected chi connectivity index (χ3v) is 7.03. The molecule has 146 valence electrons. The SMILES string of the molecule is N#Cc1cc([N+](=O)[O-])cc2c1N[C@@H](c1ccc3c4c(cccc14)CC3)[C@H]1CC=C[C@@H]21. The minimum absolute atomic E-state index is 0.0186. The van der Waals surface area contributed by atoms with E-state index in [0.29, 0.717) is 5.56 Å². The Kier molecular flexibility index (Phi) is 3.54. The van der Waals surface area contributed by atoms with Crippen molar-refractivity contribution in [1.29, 1.82) is 5.26 Å². The molecule has 0 saturated heterocycles. The number of hydrogen-bond acceptors (Lipinski definition) is 4. The molecule has 0 amide bonds. The fraction of sp³-hybridized carbons (Fsp3) is 0.240. The third-order valence-electron chi connectivity index (χ3n) is 7.03. The number of allylic oxidation sites excluding steroid dienone is 2. The average molecular weight is 393 g/mol. The van der Waals surface area contributed by atoms with E-state index in [9.17, 15) is 15.4 Å². The molecule has 0 aromatic heterocycles. The normalized spacial score (nSPS) is 23.0. The zero-order valence-electron chi connectivity index (χ0n) is 16.3. The van der Waals surface area contributed by atoms with Crippen LogP contribution in [0.5, 0.6) is 0 Å². The summed E-state index contributed by atoms with van der Waals surface area (Å²) in [7, 11) is 0. The number of nitrogens with one attached hydrogen (secondary N) is 1. The van der Waals surface area contributed by atoms with E-state index in [1.807, 2.05) is 0 Å². The molecule has 1 heterocycles. The lowest BCUT2D eigenvalue weighted by Crippen LogP contribution is -2.30. The number of hydrogen-bond donors (Lipinski definition) is 1. The van der Waals surface area contributed by atoms with Crippen LogP contribution in [0, 0.1) is 27.4 Å². The predicted octanol–water partition coefficient (Wildman–Crippen LogP) is 5.54. The smallest absolute Gasteiger partial charge is 0.271 e. The van der Waals surface area contributed by atoms with Gasteiger partial charge in [0.05, 0.1) is 22.2 Å². The molecule has 3 aromatic rings. The molecule has 2 aliphatic carbocycles. The molecule has 1 N–H and O–H groups in total. The van der Waals surface area contributed by atoms with Crippen molar-refractivity contribution in [3.05, 3.63) is 92.5 Å². The van der Waals surface area contributed by atoms with Crippen LogP contribution in [0.4, 0.5) is 11.4 Å². The Bertz CT molecular complexity index is 1310. The van der Waals surface area contributed by atoms with E-state index >= 15 is 0 Å². The van der Waals surface area contributed by atoms with E-state index in [4.69, 9.17) is 0 Å². The molecular weight excluding hydrogens is 374 g/mol. The lowest BCUT2D eigenvalue weighted by Gasteiger charge is -2.38. The van der Waals surface area contributed by atoms with Crippen molar-refractivity contribution >= 4 is 22.1 Å². The molecule has 0 spiro atoms. The first-order valence-electron chi connectivity index (χ1n) is 10.3. The van der Waals surface area contributed by atoms with E-state index in [1.54, 1.807) is 6.07 Å². The topological polar surface area (TPSA) is 79.0 Å². The van der Waals surface area contributed by atoms with Gasteiger partial charge in [-0.2, -0.15) is 5.26 Å². The van der Waals surface area contributed by atoms with Crippen LogP contribution < -0.4 is 5.32 Å². The zero-order chi connectivity index (χ0) is 20.4. The van der Waals surface area contributed by atoms with Gasteiger partial charge < -0.3 is 5.32 Å². The number of anilines is 1. The van der Waals surface area contributed by atoms with Gasteiger partial charge in [0.2, 0.25) is 0 Å². The van der Waals surface area contributed by atoms with Crippen LogP contribution >= 0.6 is 0 Å². The number of benzene rings is 3. The van der Waals surface area contributed by atoms with Gasteiger partial charge in [-0.15, -0.1) is 0 Å². The minimum atomic E-state index is -0.413. The van der Waals surface area contributed by atoms with Crippen molar-refractivity contribution < 1.29 is 4.92 Å². The summed E-state index contributed by atoms with van der Waals surface area (Å²) in [6.45, 7) is 0. The number of nitriles is 1. The minimum Gasteiger partial charge on any atom is -0.377 e. The average Bonchev–Trinajstić information content (AvgIpc) is 3.42. The van der Waals surface area contributed by atoms with Crippen LogP contribution in [0.25, 0.3) is 10.8 Å². The largest absolute Gasteiger partial charge is 0.377 e. The molecule has 0 radical (unpaired) electrons. The van der Waals surface area contributed by atoms with E-state index in [0.717, 1.165) is 30.5 Å². The van der Waals surface area contributed by atoms with Crippen molar-refractivity contribution in [1.82, 2.24) is 0 Å². The fourth-order valence-electron chi connectivity index (χ4n) is 5.73. The summed E-state index contributed by atoms with van der Waals surface area (Å²) in [5.74, 6) is 0.339. The molecule has 3 aromatic carbocycles. The van der Waals surface area contributed by atoms with Gasteiger partial charge in [0.15, 0.2) is 0 Å². The van der Waals surface area contributed by atoms with E-state index in [2.05, 4.69) is 53.9 Å². The summed E-state index contributed by atoms with van der Waals surface area (Å²) in [4.78, 5) is 11.0. The number of nitro benzene ring substituents is 1. The van der Waals surface area contributed by atoms with Gasteiger partial charge in [0.25, 0.3) is 5.69 Å². The monoisotopic (exact) mass is 393 g/mol. The molecular formula is C25H19N3O2. The summed E-state index contributed by atoms with van der Waals surface area (Å²) in [6.07, 6.45) is 7.42. The van der Waals surface area contributed by atoms with Crippen molar-refractivity contribution in [2.45, 2.75) is 31.2 Å². The maximum Gasteiger partial charge on any atom is 0.271 e. The molecule has 5 heteroatoms. The Labute approximate surface area is 173 Å². The Hall–Kier alpha value is -3.65. The van der Waals surface area contributed by atoms with E-state index in [-0.39, 0.29) is 23.6 Å². The van der Waals surface area contributed by atoms with Crippen LogP contribution in [-0.4, -0.2) is 4.92 Å². The molecule has 0 bridgehead atoms. The van der Waals surface area contributed by atoms with Gasteiger partial charge in [-0.3, -0.25) is 10.1 Å². The molecule has 0 saturated carbocycles. The maximum absolute atomic E-state index is 11.4. The quantitative estimate of drug-likeness (QED) is 0.352. The van der Waals surface area contributed by atoms with E-state index < -0.39 is 4.92 Å². The maximum atomic E-state index is 11.4. The number of rotatable bonds is 2. The summed E-state index contributed by atoms with van der Waals surface area (Å²) in [5, 5.41) is 27.4. The lowest BCUT2D eigenvalue weighted by atomic mass is 9.75. The summed E-state index contributed by atoms with van der Waals surface area (Å²) >= 11 is 0. The van der Waals surface area contributed by atoms with Gasteiger partial charge in [0, 0.05) is 18.1 Å². The molecule has 0 unspecified atom stereocenters. The van der Waals surface area contributed by atoms with Gasteiger partial charge in [-0.05, 0) is 58.2 Å². The van der Waals surface area contributed by atoms with Gasteiger partial charge in [-0.25, -0.2) is 0 Å². The van der Waals surface area contributed by atoms with Gasteiger partial charge in [0.1, 0.15) is 6.07 Å². The first-order chi connectivity index (χ1) is 14.7. The second kappa shape index (κ2) is 6.17. The highest BCUT2D eigenvalue weighted by Crippen LogP contribution is 2.52. The van der Waals surface area contributed by atoms with Crippen molar-refractivity contribution in [2.75, 3.05) is 5.32 Å². The Morgan fingerprint density at radius 3 is 2.73 bits per heavy atom. The van der Waals surface area contributed by atoms with Crippen LogP contribution in [0.2, 0.25) is 0 Å². The highest BCUT2D eigenvalue weighted by molar-refractivity contribution is 5.94. The molecule has 5 nitrogen and oxygen atoms in total. The van der Waals surface area contributed by atoms with Crippen molar-refractivity contribution in [2.24, 2.45) is 5.92 Å². The summed E-state index contributed by atoms with van der Waals surface area (Å²) in [6, 6.07) is 16.3. The number of nitrogens with zero attached hydrogens (tertiary/aromatic N) is 2. The Morgan fingerprint density at radius 1 is 1.10 bits per heavy atom. The van der Waals surface area contributed by atoms with Gasteiger partial charge >= 0.3 is 0 Å². The highest BCUT2D eigenvalue weighted by Gasteiger charge is 2.40. The first-order valence-corrected chi connectivity index (χ1v) is 10.3. The van der Waals surface area contributed by atoms with Crippen LogP contribution in [0.3, 0.4) is 0 Å². The third kappa shape index (κ3) is 2.28. The predicted molar refractivity (Wildman–Crippen MR) is 116 cm³/mol. The molecule has 3 atom stereocenters. The molecule has 6 rings (SSSR count). The molecule has 3 aliphatic rings. The van der Waals surface area contributed by atoms with Crippen LogP contribution in [-0.2, 0) is 12.8 Å². The van der Waals surface area contributed by atoms with Crippen LogP contribution in [0.1, 0.15) is 46.2 Å². The molecule has 1 aliphatic heterocycles. The molecule has 0 fully saturated rings. The second-order valence-corrected chi connectivity index (χ2v) is 8.46. The number of fused-ring (bicyclic) bond motifs is 3. The first kappa shape index (κ1) is 17.2. The van der Waals surface area contributed by atoms with Crippen molar-refractivity contribution in [3.63, 3.8) is 0 Å². The standard InChI is InChI=1S/C25H19N3O2/c26-13-16-11-17(28(29)30)12-22-18-4-2-6-20(18)25(27-24(16)22)21-10-9-15-8-7-14-3-1-5-19(21)23(14)15/h1-5,9-12,18,20,25,27H,6-8H2/t18-,20+,25-/m1/s1. The lowest BCUT2D eigenvalue weighted by molar-refractivity contribution is -0.384. The highest BCUT2D eigenvalue weighted by atomic mass is 16.6. The van der Waals surface area contributed by atoms with Crippen molar-refractivity contribution in [3.8, 4) is 6.07 Å². The fourth-order valence-corrected chi connectivity index (χ4v) is 5.73. The second-order valence-electron chi connectivity index (χ2n) is 8.46. The van der Waals surface area contributed by atoms with E-state index in [1.165, 1.54) is 33.5 Å². The summed E-state index contributed by atoms with van der Waals surface area (Å²) < 4.78 is 0. The number of aryl methyl sites for hydroxylation is 2. The summed E-state index contributed by atoms with van der Waals surface area (Å²) in [5.41, 5.74) is 6.00. The van der Waals surface area contributed by atoms with Gasteiger partial charge in [-0.1, -0.05) is 42.5 Å². The Morgan fingerprint density at radius 2 is 1.93 bits per heavy atom. The Balaban J connectivity index is 1.56. The van der Waals surface area contributed by atoms with Crippen LogP contribution in [0.15, 0.2) is 54.6 Å². The molecule has 30 heavy (non-hydrogen) atoms. The number of nitro groups is 1. The zero-order valence-corrected chi connectivity index (χ0v) is 16.3. The number of non-ortho nitro benzene ring substituents is 1.